The van der Waals surface area contributed by atoms with E-state index >= 15 is 0 Å². The van der Waals surface area contributed by atoms with E-state index in [-0.39, 0.29) is 17.2 Å². The molecule has 6 rings (SSSR count). The van der Waals surface area contributed by atoms with Crippen LogP contribution in [0.5, 0.6) is 11.5 Å². The summed E-state index contributed by atoms with van der Waals surface area (Å²) in [5, 5.41) is 2.01. The third kappa shape index (κ3) is 4.79. The molecule has 8 nitrogen and oxygen atoms in total. The molecule has 4 aromatic carbocycles. The zero-order valence-electron chi connectivity index (χ0n) is 21.6. The number of nitrogens with zero attached hydrogens (tertiary/aromatic N) is 2. The maximum atomic E-state index is 13.8. The van der Waals surface area contributed by atoms with E-state index < -0.39 is 41.7 Å². The number of benzene rings is 4. The number of hydroxylamine groups is 1. The molecular formula is C31H22ClFN2O6. The largest absolute Gasteiger partial charge is 0.493 e. The molecule has 3 atom stereocenters. The standard InChI is InChI=1S/C31H22ClFN2O6/c1-39-25-17-19(7-16-24(25)40-31(38)18-5-3-2-4-6-18)27-26-28(41-35(27)23-12-8-20(32)9-13-23)30(37)34(29(26)36)22-14-10-21(33)11-15-22/h2-17,26-28H,1H3. The Hall–Kier alpha value is -4.73. The van der Waals surface area contributed by atoms with Gasteiger partial charge < -0.3 is 9.47 Å². The minimum absolute atomic E-state index is 0.181. The van der Waals surface area contributed by atoms with Gasteiger partial charge in [-0.1, -0.05) is 35.9 Å². The van der Waals surface area contributed by atoms with Crippen molar-refractivity contribution in [3.05, 3.63) is 119 Å². The SMILES string of the molecule is COc1cc(C2C3C(=O)N(c4ccc(F)cc4)C(=O)C3ON2c2ccc(Cl)cc2)ccc1OC(=O)c1ccccc1. The average molecular weight is 573 g/mol. The summed E-state index contributed by atoms with van der Waals surface area (Å²) in [6.45, 7) is 0. The fourth-order valence-corrected chi connectivity index (χ4v) is 5.22. The number of fused-ring (bicyclic) bond motifs is 1. The minimum atomic E-state index is -1.13. The van der Waals surface area contributed by atoms with Crippen LogP contribution in [0.2, 0.25) is 5.02 Å². The van der Waals surface area contributed by atoms with Gasteiger partial charge in [0.25, 0.3) is 5.91 Å². The molecule has 206 valence electrons. The average Bonchev–Trinajstić information content (AvgIpc) is 3.50. The molecule has 0 aliphatic carbocycles. The molecule has 2 heterocycles. The van der Waals surface area contributed by atoms with Gasteiger partial charge in [-0.15, -0.1) is 0 Å². The van der Waals surface area contributed by atoms with Crippen LogP contribution in [0.3, 0.4) is 0 Å². The number of rotatable bonds is 6. The van der Waals surface area contributed by atoms with Gasteiger partial charge in [0, 0.05) is 5.02 Å². The summed E-state index contributed by atoms with van der Waals surface area (Å²) < 4.78 is 24.7. The second-order valence-electron chi connectivity index (χ2n) is 9.45. The van der Waals surface area contributed by atoms with Crippen LogP contribution in [-0.4, -0.2) is 31.0 Å². The number of ether oxygens (including phenoxy) is 2. The van der Waals surface area contributed by atoms with E-state index in [1.54, 1.807) is 72.8 Å². The molecule has 0 aromatic heterocycles. The Morgan fingerprint density at radius 2 is 1.54 bits per heavy atom. The predicted molar refractivity (Wildman–Crippen MR) is 148 cm³/mol. The first kappa shape index (κ1) is 26.5. The highest BCUT2D eigenvalue weighted by Crippen LogP contribution is 2.49. The van der Waals surface area contributed by atoms with Gasteiger partial charge in [-0.05, 0) is 78.4 Å². The van der Waals surface area contributed by atoms with Crippen LogP contribution in [0, 0.1) is 11.7 Å². The van der Waals surface area contributed by atoms with E-state index in [9.17, 15) is 18.8 Å². The smallest absolute Gasteiger partial charge is 0.343 e. The number of methoxy groups -OCH3 is 1. The van der Waals surface area contributed by atoms with Crippen molar-refractivity contribution in [1.82, 2.24) is 0 Å². The van der Waals surface area contributed by atoms with Gasteiger partial charge in [0.15, 0.2) is 17.6 Å². The Bertz CT molecular complexity index is 1630. The van der Waals surface area contributed by atoms with E-state index in [0.29, 0.717) is 21.8 Å². The van der Waals surface area contributed by atoms with Crippen molar-refractivity contribution >= 4 is 40.8 Å². The van der Waals surface area contributed by atoms with Gasteiger partial charge in [-0.3, -0.25) is 14.4 Å². The van der Waals surface area contributed by atoms with Gasteiger partial charge in [0.1, 0.15) is 11.7 Å². The van der Waals surface area contributed by atoms with Gasteiger partial charge in [-0.2, -0.15) is 0 Å². The van der Waals surface area contributed by atoms with Crippen LogP contribution >= 0.6 is 11.6 Å². The highest BCUT2D eigenvalue weighted by Gasteiger charge is 2.60. The molecule has 0 saturated carbocycles. The Labute approximate surface area is 239 Å². The lowest BCUT2D eigenvalue weighted by atomic mass is 9.90. The molecular weight excluding hydrogens is 551 g/mol. The van der Waals surface area contributed by atoms with Crippen molar-refractivity contribution in [2.75, 3.05) is 17.1 Å². The van der Waals surface area contributed by atoms with E-state index in [2.05, 4.69) is 0 Å². The predicted octanol–water partition coefficient (Wildman–Crippen LogP) is 5.76. The molecule has 4 aromatic rings. The number of carbonyl (C=O) groups excluding carboxylic acids is 3. The molecule has 3 unspecified atom stereocenters. The Balaban J connectivity index is 1.38. The van der Waals surface area contributed by atoms with Crippen molar-refractivity contribution < 1.29 is 33.1 Å². The summed E-state index contributed by atoms with van der Waals surface area (Å²) in [5.74, 6) is -2.61. The van der Waals surface area contributed by atoms with E-state index in [4.69, 9.17) is 25.9 Å². The maximum Gasteiger partial charge on any atom is 0.343 e. The summed E-state index contributed by atoms with van der Waals surface area (Å²) in [4.78, 5) is 47.1. The highest BCUT2D eigenvalue weighted by molar-refractivity contribution is 6.30. The topological polar surface area (TPSA) is 85.4 Å². The second-order valence-corrected chi connectivity index (χ2v) is 9.89. The van der Waals surface area contributed by atoms with Crippen LogP contribution in [0.1, 0.15) is 22.0 Å². The molecule has 2 saturated heterocycles. The first-order valence-corrected chi connectivity index (χ1v) is 13.0. The molecule has 41 heavy (non-hydrogen) atoms. The molecule has 2 amide bonds. The number of anilines is 2. The van der Waals surface area contributed by atoms with Crippen molar-refractivity contribution in [2.45, 2.75) is 12.1 Å². The molecule has 0 N–H and O–H groups in total. The summed E-state index contributed by atoms with van der Waals surface area (Å²) in [5.41, 5.74) is 1.76. The number of hydrogen-bond donors (Lipinski definition) is 0. The Kier molecular flexibility index (Phi) is 6.90. The van der Waals surface area contributed by atoms with Gasteiger partial charge in [-0.25, -0.2) is 19.1 Å². The third-order valence-corrected chi connectivity index (χ3v) is 7.27. The molecule has 10 heteroatoms. The molecule has 2 aliphatic rings. The van der Waals surface area contributed by atoms with E-state index in [1.165, 1.54) is 36.4 Å². The summed E-state index contributed by atoms with van der Waals surface area (Å²) >= 11 is 6.10. The highest BCUT2D eigenvalue weighted by atomic mass is 35.5. The summed E-state index contributed by atoms with van der Waals surface area (Å²) in [6.07, 6.45) is -1.13. The molecule has 0 radical (unpaired) electrons. The zero-order chi connectivity index (χ0) is 28.7. The van der Waals surface area contributed by atoms with Crippen molar-refractivity contribution in [3.8, 4) is 11.5 Å². The zero-order valence-corrected chi connectivity index (χ0v) is 22.3. The summed E-state index contributed by atoms with van der Waals surface area (Å²) in [6, 6.07) is 24.6. The monoisotopic (exact) mass is 572 g/mol. The number of carbonyl (C=O) groups is 3. The first-order valence-electron chi connectivity index (χ1n) is 12.7. The van der Waals surface area contributed by atoms with E-state index in [1.807, 2.05) is 0 Å². The maximum absolute atomic E-state index is 13.8. The van der Waals surface area contributed by atoms with Crippen molar-refractivity contribution in [1.29, 1.82) is 0 Å². The lowest BCUT2D eigenvalue weighted by Gasteiger charge is -2.29. The summed E-state index contributed by atoms with van der Waals surface area (Å²) in [7, 11) is 1.43. The van der Waals surface area contributed by atoms with Crippen LogP contribution in [0.4, 0.5) is 15.8 Å². The molecule has 2 aliphatic heterocycles. The lowest BCUT2D eigenvalue weighted by molar-refractivity contribution is -0.126. The van der Waals surface area contributed by atoms with E-state index in [0.717, 1.165) is 4.90 Å². The molecule has 0 bridgehead atoms. The first-order chi connectivity index (χ1) is 19.9. The third-order valence-electron chi connectivity index (χ3n) is 7.02. The Morgan fingerprint density at radius 1 is 0.854 bits per heavy atom. The van der Waals surface area contributed by atoms with Gasteiger partial charge in [0.05, 0.1) is 30.1 Å². The van der Waals surface area contributed by atoms with Crippen LogP contribution in [0.15, 0.2) is 97.1 Å². The number of esters is 1. The fraction of sp³-hybridized carbons (Fsp3) is 0.129. The minimum Gasteiger partial charge on any atom is -0.493 e. The number of hydrogen-bond acceptors (Lipinski definition) is 7. The van der Waals surface area contributed by atoms with Gasteiger partial charge >= 0.3 is 5.97 Å². The number of amides is 2. The fourth-order valence-electron chi connectivity index (χ4n) is 5.10. The Morgan fingerprint density at radius 3 is 2.22 bits per heavy atom. The molecule has 2 fully saturated rings. The second kappa shape index (κ2) is 10.7. The normalized spacial score (nSPS) is 19.8. The van der Waals surface area contributed by atoms with Crippen molar-refractivity contribution in [3.63, 3.8) is 0 Å². The number of halogens is 2. The quantitative estimate of drug-likeness (QED) is 0.165. The lowest BCUT2D eigenvalue weighted by Crippen LogP contribution is -2.37. The molecule has 0 spiro atoms. The van der Waals surface area contributed by atoms with Crippen LogP contribution in [-0.2, 0) is 14.4 Å². The van der Waals surface area contributed by atoms with Crippen LogP contribution in [0.25, 0.3) is 0 Å². The van der Waals surface area contributed by atoms with Crippen LogP contribution < -0.4 is 19.4 Å². The van der Waals surface area contributed by atoms with Gasteiger partial charge in [0.2, 0.25) is 5.91 Å². The van der Waals surface area contributed by atoms with Crippen molar-refractivity contribution in [2.24, 2.45) is 5.92 Å². The number of imide groups is 1.